The highest BCUT2D eigenvalue weighted by atomic mass is 19.1. The van der Waals surface area contributed by atoms with E-state index >= 15 is 0 Å². The molecule has 0 saturated carbocycles. The predicted octanol–water partition coefficient (Wildman–Crippen LogP) is 1.14. The normalized spacial score (nSPS) is 21.1. The summed E-state index contributed by atoms with van der Waals surface area (Å²) in [6.07, 6.45) is 1.64. The van der Waals surface area contributed by atoms with Crippen molar-refractivity contribution in [3.8, 4) is 0 Å². The number of anilines is 1. The van der Waals surface area contributed by atoms with Gasteiger partial charge in [0.2, 0.25) is 5.91 Å². The number of amides is 2. The summed E-state index contributed by atoms with van der Waals surface area (Å²) in [4.78, 5) is 23.1. The van der Waals surface area contributed by atoms with Crippen molar-refractivity contribution in [1.82, 2.24) is 10.9 Å². The Hall–Kier alpha value is -1.99. The van der Waals surface area contributed by atoms with Crippen molar-refractivity contribution >= 4 is 17.5 Å². The molecule has 1 aromatic carbocycles. The van der Waals surface area contributed by atoms with E-state index in [1.54, 1.807) is 0 Å². The molecule has 120 valence electrons. The molecule has 0 bridgehead atoms. The second kappa shape index (κ2) is 6.85. The van der Waals surface area contributed by atoms with Crippen LogP contribution in [0.2, 0.25) is 0 Å². The Kier molecular flexibility index (Phi) is 5.10. The summed E-state index contributed by atoms with van der Waals surface area (Å²) in [5, 5.41) is 2.63. The number of primary amides is 1. The molecule has 5 N–H and O–H groups in total. The maximum absolute atomic E-state index is 13.7. The van der Waals surface area contributed by atoms with Crippen LogP contribution in [0.5, 0.6) is 0 Å². The molecule has 1 aliphatic heterocycles. The minimum absolute atomic E-state index is 0.198. The van der Waals surface area contributed by atoms with Gasteiger partial charge in [-0.15, -0.1) is 0 Å². The Labute approximate surface area is 128 Å². The standard InChI is InChI=1S/C15H21FN4O2/c1-8(2)5-10-7-13(20-19-10)15(22)18-9-3-4-11(14(17)21)12(16)6-9/h3-4,6,8,10,13,19-20H,5,7H2,1-2H3,(H2,17,21)(H,18,22). The summed E-state index contributed by atoms with van der Waals surface area (Å²) in [6, 6.07) is 3.67. The third-order valence-corrected chi connectivity index (χ3v) is 3.56. The van der Waals surface area contributed by atoms with Gasteiger partial charge < -0.3 is 11.1 Å². The number of benzene rings is 1. The van der Waals surface area contributed by atoms with Crippen molar-refractivity contribution < 1.29 is 14.0 Å². The lowest BCUT2D eigenvalue weighted by Crippen LogP contribution is -2.40. The van der Waals surface area contributed by atoms with E-state index in [1.807, 2.05) is 0 Å². The first-order chi connectivity index (χ1) is 10.4. The average Bonchev–Trinajstić information content (AvgIpc) is 2.86. The van der Waals surface area contributed by atoms with Gasteiger partial charge in [0.1, 0.15) is 11.9 Å². The third-order valence-electron chi connectivity index (χ3n) is 3.56. The van der Waals surface area contributed by atoms with Crippen molar-refractivity contribution in [3.05, 3.63) is 29.6 Å². The summed E-state index contributed by atoms with van der Waals surface area (Å²) < 4.78 is 13.7. The van der Waals surface area contributed by atoms with Crippen LogP contribution in [-0.4, -0.2) is 23.9 Å². The van der Waals surface area contributed by atoms with Gasteiger partial charge in [-0.1, -0.05) is 13.8 Å². The number of hydrazine groups is 1. The second-order valence-corrected chi connectivity index (χ2v) is 5.95. The number of hydrogen-bond donors (Lipinski definition) is 4. The molecule has 2 rings (SSSR count). The maximum atomic E-state index is 13.7. The van der Waals surface area contributed by atoms with Gasteiger partial charge in [-0.25, -0.2) is 9.82 Å². The molecule has 1 aliphatic rings. The van der Waals surface area contributed by atoms with Gasteiger partial charge in [0, 0.05) is 11.7 Å². The molecule has 1 fully saturated rings. The first-order valence-electron chi connectivity index (χ1n) is 7.28. The Morgan fingerprint density at radius 3 is 2.73 bits per heavy atom. The maximum Gasteiger partial charge on any atom is 0.251 e. The number of halogens is 1. The Balaban J connectivity index is 1.95. The van der Waals surface area contributed by atoms with E-state index in [9.17, 15) is 14.0 Å². The first-order valence-corrected chi connectivity index (χ1v) is 7.28. The Morgan fingerprint density at radius 2 is 2.14 bits per heavy atom. The van der Waals surface area contributed by atoms with Gasteiger partial charge in [-0.05, 0) is 37.0 Å². The van der Waals surface area contributed by atoms with Gasteiger partial charge in [0.05, 0.1) is 5.56 Å². The zero-order valence-electron chi connectivity index (χ0n) is 12.7. The molecule has 2 amide bonds. The number of carbonyl (C=O) groups excluding carboxylic acids is 2. The number of hydrogen-bond acceptors (Lipinski definition) is 4. The second-order valence-electron chi connectivity index (χ2n) is 5.95. The summed E-state index contributed by atoms with van der Waals surface area (Å²) in [7, 11) is 0. The van der Waals surface area contributed by atoms with Crippen LogP contribution < -0.4 is 21.9 Å². The van der Waals surface area contributed by atoms with E-state index in [1.165, 1.54) is 12.1 Å². The predicted molar refractivity (Wildman–Crippen MR) is 81.5 cm³/mol. The van der Waals surface area contributed by atoms with Crippen LogP contribution in [0.3, 0.4) is 0 Å². The number of carbonyl (C=O) groups is 2. The van der Waals surface area contributed by atoms with Crippen molar-refractivity contribution in [1.29, 1.82) is 0 Å². The van der Waals surface area contributed by atoms with Gasteiger partial charge in [0.15, 0.2) is 0 Å². The molecule has 1 heterocycles. The highest BCUT2D eigenvalue weighted by Crippen LogP contribution is 2.17. The number of nitrogens with two attached hydrogens (primary N) is 1. The molecule has 1 saturated heterocycles. The van der Waals surface area contributed by atoms with Gasteiger partial charge in [-0.3, -0.25) is 15.0 Å². The van der Waals surface area contributed by atoms with Crippen molar-refractivity contribution in [3.63, 3.8) is 0 Å². The molecule has 7 heteroatoms. The van der Waals surface area contributed by atoms with Crippen molar-refractivity contribution in [2.75, 3.05) is 5.32 Å². The highest BCUT2D eigenvalue weighted by Gasteiger charge is 2.29. The Morgan fingerprint density at radius 1 is 1.41 bits per heavy atom. The summed E-state index contributed by atoms with van der Waals surface area (Å²) in [5.41, 5.74) is 11.2. The smallest absolute Gasteiger partial charge is 0.251 e. The molecule has 22 heavy (non-hydrogen) atoms. The molecule has 0 spiro atoms. The first kappa shape index (κ1) is 16.4. The number of rotatable bonds is 5. The monoisotopic (exact) mass is 308 g/mol. The SMILES string of the molecule is CC(C)CC1CC(C(=O)Nc2ccc(C(N)=O)c(F)c2)NN1. The Bertz CT molecular complexity index is 577. The molecule has 6 nitrogen and oxygen atoms in total. The van der Waals surface area contributed by atoms with E-state index in [0.29, 0.717) is 18.0 Å². The average molecular weight is 308 g/mol. The molecule has 2 unspecified atom stereocenters. The van der Waals surface area contributed by atoms with Crippen LogP contribution in [-0.2, 0) is 4.79 Å². The van der Waals surface area contributed by atoms with E-state index in [0.717, 1.165) is 12.5 Å². The van der Waals surface area contributed by atoms with E-state index in [4.69, 9.17) is 5.73 Å². The van der Waals surface area contributed by atoms with E-state index in [-0.39, 0.29) is 23.6 Å². The van der Waals surface area contributed by atoms with Crippen LogP contribution in [0, 0.1) is 11.7 Å². The lowest BCUT2D eigenvalue weighted by Gasteiger charge is -2.12. The van der Waals surface area contributed by atoms with Crippen LogP contribution in [0.4, 0.5) is 10.1 Å². The quantitative estimate of drug-likeness (QED) is 0.656. The fraction of sp³-hybridized carbons (Fsp3) is 0.467. The van der Waals surface area contributed by atoms with Crippen LogP contribution >= 0.6 is 0 Å². The largest absolute Gasteiger partial charge is 0.366 e. The van der Waals surface area contributed by atoms with Crippen LogP contribution in [0.25, 0.3) is 0 Å². The van der Waals surface area contributed by atoms with Gasteiger partial charge >= 0.3 is 0 Å². The van der Waals surface area contributed by atoms with Crippen molar-refractivity contribution in [2.24, 2.45) is 11.7 Å². The van der Waals surface area contributed by atoms with Gasteiger partial charge in [-0.2, -0.15) is 0 Å². The highest BCUT2D eigenvalue weighted by molar-refractivity contribution is 5.96. The lowest BCUT2D eigenvalue weighted by atomic mass is 10.00. The van der Waals surface area contributed by atoms with Crippen LogP contribution in [0.1, 0.15) is 37.0 Å². The molecule has 0 aromatic heterocycles. The summed E-state index contributed by atoms with van der Waals surface area (Å²) in [6.45, 7) is 4.25. The van der Waals surface area contributed by atoms with Crippen LogP contribution in [0.15, 0.2) is 18.2 Å². The minimum atomic E-state index is -0.839. The molecular weight excluding hydrogens is 287 g/mol. The lowest BCUT2D eigenvalue weighted by molar-refractivity contribution is -0.117. The zero-order valence-corrected chi connectivity index (χ0v) is 12.7. The van der Waals surface area contributed by atoms with E-state index < -0.39 is 11.7 Å². The number of nitrogens with one attached hydrogen (secondary N) is 3. The molecule has 0 aliphatic carbocycles. The molecule has 1 aromatic rings. The zero-order chi connectivity index (χ0) is 16.3. The molecule has 2 atom stereocenters. The fourth-order valence-electron chi connectivity index (χ4n) is 2.54. The topological polar surface area (TPSA) is 96.2 Å². The van der Waals surface area contributed by atoms with Gasteiger partial charge in [0.25, 0.3) is 5.91 Å². The summed E-state index contributed by atoms with van der Waals surface area (Å²) in [5.74, 6) is -1.30. The molecular formula is C15H21FN4O2. The fourth-order valence-corrected chi connectivity index (χ4v) is 2.54. The molecule has 0 radical (unpaired) electrons. The van der Waals surface area contributed by atoms with E-state index in [2.05, 4.69) is 30.0 Å². The third kappa shape index (κ3) is 4.02. The van der Waals surface area contributed by atoms with Crippen molar-refractivity contribution in [2.45, 2.75) is 38.8 Å². The summed E-state index contributed by atoms with van der Waals surface area (Å²) >= 11 is 0. The minimum Gasteiger partial charge on any atom is -0.366 e.